The average Bonchev–Trinajstić information content (AvgIpc) is 2.48. The van der Waals surface area contributed by atoms with Crippen molar-refractivity contribution < 1.29 is 9.53 Å². The van der Waals surface area contributed by atoms with Crippen molar-refractivity contribution in [3.05, 3.63) is 52.5 Å². The summed E-state index contributed by atoms with van der Waals surface area (Å²) in [4.78, 5) is 13.4. The number of rotatable bonds is 4. The van der Waals surface area contributed by atoms with Gasteiger partial charge in [-0.3, -0.25) is 4.79 Å². The van der Waals surface area contributed by atoms with Gasteiger partial charge in [-0.05, 0) is 64.7 Å². The third-order valence-electron chi connectivity index (χ3n) is 2.77. The van der Waals surface area contributed by atoms with Crippen LogP contribution in [0.25, 0.3) is 0 Å². The van der Waals surface area contributed by atoms with E-state index in [1.54, 1.807) is 37.1 Å². The number of hydrogen-bond acceptors (Lipinski definition) is 3. The number of ether oxygens (including phenoxy) is 1. The third-order valence-corrected chi connectivity index (χ3v) is 4.20. The number of carbonyl (C=O) groups is 1. The van der Waals surface area contributed by atoms with Gasteiger partial charge in [-0.2, -0.15) is 0 Å². The zero-order chi connectivity index (χ0) is 14.5. The number of thioether (sulfide) groups is 1. The molecule has 0 spiro atoms. The molecule has 2 rings (SSSR count). The number of anilines is 1. The summed E-state index contributed by atoms with van der Waals surface area (Å²) in [5.74, 6) is 0.476. The van der Waals surface area contributed by atoms with Crippen LogP contribution in [0.5, 0.6) is 5.75 Å². The lowest BCUT2D eigenvalue weighted by atomic mass is 10.2. The normalized spacial score (nSPS) is 10.2. The number of halogens is 1. The minimum Gasteiger partial charge on any atom is -0.497 e. The van der Waals surface area contributed by atoms with E-state index in [4.69, 9.17) is 4.74 Å². The smallest absolute Gasteiger partial charge is 0.256 e. The molecular weight excluding hydrogens is 338 g/mol. The van der Waals surface area contributed by atoms with E-state index in [9.17, 15) is 4.79 Å². The molecule has 0 aliphatic heterocycles. The van der Waals surface area contributed by atoms with Gasteiger partial charge in [0.2, 0.25) is 0 Å². The van der Waals surface area contributed by atoms with Crippen LogP contribution in [0, 0.1) is 0 Å². The Kier molecular flexibility index (Phi) is 5.09. The second-order valence-electron chi connectivity index (χ2n) is 4.03. The van der Waals surface area contributed by atoms with Crippen molar-refractivity contribution in [3.8, 4) is 5.75 Å². The Morgan fingerprint density at radius 3 is 2.50 bits per heavy atom. The molecule has 0 saturated heterocycles. The number of methoxy groups -OCH3 is 1. The van der Waals surface area contributed by atoms with Gasteiger partial charge in [0.05, 0.1) is 12.7 Å². The molecule has 0 bridgehead atoms. The van der Waals surface area contributed by atoms with Crippen LogP contribution in [0.2, 0.25) is 0 Å². The maximum Gasteiger partial charge on any atom is 0.256 e. The predicted octanol–water partition coefficient (Wildman–Crippen LogP) is 4.43. The number of amides is 1. The van der Waals surface area contributed by atoms with E-state index in [0.717, 1.165) is 15.1 Å². The first kappa shape index (κ1) is 14.9. The number of benzene rings is 2. The van der Waals surface area contributed by atoms with Crippen LogP contribution < -0.4 is 10.1 Å². The highest BCUT2D eigenvalue weighted by Gasteiger charge is 2.11. The van der Waals surface area contributed by atoms with Crippen molar-refractivity contribution in [3.63, 3.8) is 0 Å². The summed E-state index contributed by atoms with van der Waals surface area (Å²) < 4.78 is 5.87. The van der Waals surface area contributed by atoms with Gasteiger partial charge in [0.15, 0.2) is 0 Å². The second kappa shape index (κ2) is 6.81. The van der Waals surface area contributed by atoms with Crippen LogP contribution in [-0.4, -0.2) is 19.3 Å². The summed E-state index contributed by atoms with van der Waals surface area (Å²) in [6.45, 7) is 0. The van der Waals surface area contributed by atoms with Gasteiger partial charge in [-0.25, -0.2) is 0 Å². The molecule has 5 heteroatoms. The van der Waals surface area contributed by atoms with E-state index in [-0.39, 0.29) is 5.91 Å². The summed E-state index contributed by atoms with van der Waals surface area (Å²) in [6, 6.07) is 13.0. The Morgan fingerprint density at radius 1 is 1.20 bits per heavy atom. The highest BCUT2D eigenvalue weighted by atomic mass is 79.9. The van der Waals surface area contributed by atoms with Gasteiger partial charge >= 0.3 is 0 Å². The van der Waals surface area contributed by atoms with Crippen molar-refractivity contribution in [2.75, 3.05) is 18.7 Å². The van der Waals surface area contributed by atoms with Crippen LogP contribution in [0.3, 0.4) is 0 Å². The first-order valence-corrected chi connectivity index (χ1v) is 7.94. The largest absolute Gasteiger partial charge is 0.497 e. The van der Waals surface area contributed by atoms with Crippen LogP contribution in [0.4, 0.5) is 5.69 Å². The summed E-state index contributed by atoms with van der Waals surface area (Å²) in [5, 5.41) is 2.87. The Morgan fingerprint density at radius 2 is 1.90 bits per heavy atom. The molecule has 2 aromatic rings. The topological polar surface area (TPSA) is 38.3 Å². The Labute approximate surface area is 130 Å². The SMILES string of the molecule is COc1ccc(Br)c(C(=O)Nc2ccc(SC)cc2)c1. The van der Waals surface area contributed by atoms with E-state index < -0.39 is 0 Å². The van der Waals surface area contributed by atoms with Crippen LogP contribution in [-0.2, 0) is 0 Å². The van der Waals surface area contributed by atoms with Gasteiger partial charge in [0.25, 0.3) is 5.91 Å². The molecule has 0 unspecified atom stereocenters. The maximum absolute atomic E-state index is 12.3. The van der Waals surface area contributed by atoms with Crippen LogP contribution >= 0.6 is 27.7 Å². The molecule has 0 heterocycles. The summed E-state index contributed by atoms with van der Waals surface area (Å²) in [6.07, 6.45) is 2.01. The molecule has 0 fully saturated rings. The van der Waals surface area contributed by atoms with E-state index in [0.29, 0.717) is 11.3 Å². The van der Waals surface area contributed by atoms with E-state index in [2.05, 4.69) is 21.2 Å². The van der Waals surface area contributed by atoms with Crippen LogP contribution in [0.1, 0.15) is 10.4 Å². The molecule has 0 aliphatic rings. The first-order chi connectivity index (χ1) is 9.63. The van der Waals surface area contributed by atoms with Gasteiger partial charge in [0, 0.05) is 15.1 Å². The number of hydrogen-bond donors (Lipinski definition) is 1. The van der Waals surface area contributed by atoms with Crippen molar-refractivity contribution in [2.45, 2.75) is 4.90 Å². The van der Waals surface area contributed by atoms with E-state index >= 15 is 0 Å². The third kappa shape index (κ3) is 3.55. The minimum absolute atomic E-state index is 0.173. The number of carbonyl (C=O) groups excluding carboxylic acids is 1. The van der Waals surface area contributed by atoms with Crippen molar-refractivity contribution in [2.24, 2.45) is 0 Å². The van der Waals surface area contributed by atoms with Gasteiger partial charge in [0.1, 0.15) is 5.75 Å². The lowest BCUT2D eigenvalue weighted by Gasteiger charge is -2.09. The highest BCUT2D eigenvalue weighted by Crippen LogP contribution is 2.24. The fraction of sp³-hybridized carbons (Fsp3) is 0.133. The fourth-order valence-electron chi connectivity index (χ4n) is 1.68. The number of nitrogens with one attached hydrogen (secondary N) is 1. The van der Waals surface area contributed by atoms with Gasteiger partial charge in [-0.15, -0.1) is 11.8 Å². The lowest BCUT2D eigenvalue weighted by molar-refractivity contribution is 0.102. The zero-order valence-electron chi connectivity index (χ0n) is 11.1. The van der Waals surface area contributed by atoms with E-state index in [1.807, 2.05) is 30.5 Å². The van der Waals surface area contributed by atoms with Crippen molar-refractivity contribution >= 4 is 39.3 Å². The molecule has 0 atom stereocenters. The maximum atomic E-state index is 12.3. The monoisotopic (exact) mass is 351 g/mol. The standard InChI is InChI=1S/C15H14BrNO2S/c1-19-11-5-8-14(16)13(9-11)15(18)17-10-3-6-12(20-2)7-4-10/h3-9H,1-2H3,(H,17,18). The van der Waals surface area contributed by atoms with E-state index in [1.165, 1.54) is 0 Å². The molecule has 0 aliphatic carbocycles. The molecule has 0 aromatic heterocycles. The Balaban J connectivity index is 2.18. The molecule has 0 saturated carbocycles. The first-order valence-electron chi connectivity index (χ1n) is 5.93. The van der Waals surface area contributed by atoms with Gasteiger partial charge in [-0.1, -0.05) is 0 Å². The molecule has 1 N–H and O–H groups in total. The zero-order valence-corrected chi connectivity index (χ0v) is 13.5. The van der Waals surface area contributed by atoms with Crippen molar-refractivity contribution in [1.29, 1.82) is 0 Å². The molecule has 2 aromatic carbocycles. The summed E-state index contributed by atoms with van der Waals surface area (Å²) in [5.41, 5.74) is 1.31. The van der Waals surface area contributed by atoms with Crippen LogP contribution in [0.15, 0.2) is 51.8 Å². The Bertz CT molecular complexity index is 614. The molecule has 0 radical (unpaired) electrons. The average molecular weight is 352 g/mol. The quantitative estimate of drug-likeness (QED) is 0.828. The van der Waals surface area contributed by atoms with Crippen molar-refractivity contribution in [1.82, 2.24) is 0 Å². The van der Waals surface area contributed by atoms with Gasteiger partial charge < -0.3 is 10.1 Å². The predicted molar refractivity (Wildman–Crippen MR) is 86.9 cm³/mol. The molecule has 104 valence electrons. The highest BCUT2D eigenvalue weighted by molar-refractivity contribution is 9.10. The Hall–Kier alpha value is -1.46. The molecule has 20 heavy (non-hydrogen) atoms. The lowest BCUT2D eigenvalue weighted by Crippen LogP contribution is -2.12. The molecular formula is C15H14BrNO2S. The fourth-order valence-corrected chi connectivity index (χ4v) is 2.51. The second-order valence-corrected chi connectivity index (χ2v) is 5.76. The summed E-state index contributed by atoms with van der Waals surface area (Å²) in [7, 11) is 1.58. The molecule has 1 amide bonds. The molecule has 3 nitrogen and oxygen atoms in total. The summed E-state index contributed by atoms with van der Waals surface area (Å²) >= 11 is 5.04. The minimum atomic E-state index is -0.173.